The van der Waals surface area contributed by atoms with E-state index < -0.39 is 0 Å². The maximum atomic E-state index is 12.2. The van der Waals surface area contributed by atoms with Gasteiger partial charge in [-0.1, -0.05) is 31.8 Å². The number of carbonyl (C=O) groups is 1. The van der Waals surface area contributed by atoms with Crippen molar-refractivity contribution in [1.29, 1.82) is 0 Å². The molecule has 0 aliphatic carbocycles. The van der Waals surface area contributed by atoms with E-state index in [0.29, 0.717) is 12.1 Å². The first-order valence-electron chi connectivity index (χ1n) is 6.97. The summed E-state index contributed by atoms with van der Waals surface area (Å²) in [4.78, 5) is 14.3. The van der Waals surface area contributed by atoms with E-state index in [9.17, 15) is 4.79 Å². The van der Waals surface area contributed by atoms with Gasteiger partial charge in [0.1, 0.15) is 6.61 Å². The van der Waals surface area contributed by atoms with Crippen LogP contribution in [0, 0.1) is 17.3 Å². The summed E-state index contributed by atoms with van der Waals surface area (Å²) in [5, 5.41) is 11.7. The molecule has 0 atom stereocenters. The highest BCUT2D eigenvalue weighted by Crippen LogP contribution is 2.14. The van der Waals surface area contributed by atoms with Crippen molar-refractivity contribution < 1.29 is 9.90 Å². The van der Waals surface area contributed by atoms with Gasteiger partial charge >= 0.3 is 0 Å². The highest BCUT2D eigenvalue weighted by atomic mass is 16.2. The summed E-state index contributed by atoms with van der Waals surface area (Å²) in [7, 11) is 4.04. The minimum atomic E-state index is -0.185. The Kier molecular flexibility index (Phi) is 6.41. The smallest absolute Gasteiger partial charge is 0.251 e. The Balaban J connectivity index is 2.68. The molecule has 21 heavy (non-hydrogen) atoms. The van der Waals surface area contributed by atoms with Gasteiger partial charge in [0, 0.05) is 24.2 Å². The van der Waals surface area contributed by atoms with Crippen molar-refractivity contribution in [2.75, 3.05) is 33.8 Å². The van der Waals surface area contributed by atoms with E-state index in [4.69, 9.17) is 5.11 Å². The highest BCUT2D eigenvalue weighted by Gasteiger charge is 2.20. The third-order valence-corrected chi connectivity index (χ3v) is 2.91. The van der Waals surface area contributed by atoms with E-state index in [1.54, 1.807) is 18.2 Å². The molecule has 0 aliphatic rings. The predicted molar refractivity (Wildman–Crippen MR) is 85.1 cm³/mol. The molecule has 0 saturated carbocycles. The van der Waals surface area contributed by atoms with Crippen LogP contribution >= 0.6 is 0 Å². The predicted octanol–water partition coefficient (Wildman–Crippen LogP) is 1.35. The number of aliphatic hydroxyl groups is 1. The molecular formula is C17H24N2O2. The van der Waals surface area contributed by atoms with Gasteiger partial charge < -0.3 is 15.3 Å². The molecule has 4 nitrogen and oxygen atoms in total. The van der Waals surface area contributed by atoms with Crippen molar-refractivity contribution in [2.24, 2.45) is 5.41 Å². The van der Waals surface area contributed by atoms with Gasteiger partial charge in [-0.25, -0.2) is 0 Å². The van der Waals surface area contributed by atoms with Crippen LogP contribution in [0.2, 0.25) is 0 Å². The number of hydrogen-bond donors (Lipinski definition) is 2. The Labute approximate surface area is 127 Å². The van der Waals surface area contributed by atoms with Gasteiger partial charge in [-0.3, -0.25) is 4.79 Å². The minimum Gasteiger partial charge on any atom is -0.384 e. The lowest BCUT2D eigenvalue weighted by Gasteiger charge is -2.28. The molecule has 1 aromatic carbocycles. The Morgan fingerprint density at radius 2 is 2.10 bits per heavy atom. The fourth-order valence-electron chi connectivity index (χ4n) is 2.21. The third kappa shape index (κ3) is 6.44. The quantitative estimate of drug-likeness (QED) is 0.804. The first-order chi connectivity index (χ1) is 9.84. The van der Waals surface area contributed by atoms with Crippen LogP contribution in [-0.4, -0.2) is 49.7 Å². The van der Waals surface area contributed by atoms with E-state index in [1.165, 1.54) is 0 Å². The van der Waals surface area contributed by atoms with E-state index in [1.807, 2.05) is 20.2 Å². The van der Waals surface area contributed by atoms with Crippen LogP contribution in [0.5, 0.6) is 0 Å². The minimum absolute atomic E-state index is 0.00740. The van der Waals surface area contributed by atoms with E-state index >= 15 is 0 Å². The van der Waals surface area contributed by atoms with Crippen molar-refractivity contribution in [3.05, 3.63) is 35.4 Å². The molecule has 0 spiro atoms. The summed E-state index contributed by atoms with van der Waals surface area (Å²) in [5.41, 5.74) is 1.32. The van der Waals surface area contributed by atoms with Gasteiger partial charge in [0.05, 0.1) is 0 Å². The van der Waals surface area contributed by atoms with Crippen molar-refractivity contribution in [2.45, 2.75) is 13.8 Å². The van der Waals surface area contributed by atoms with Crippen LogP contribution in [0.1, 0.15) is 29.8 Å². The summed E-state index contributed by atoms with van der Waals surface area (Å²) < 4.78 is 0. The van der Waals surface area contributed by atoms with Gasteiger partial charge in [-0.05, 0) is 37.7 Å². The number of benzene rings is 1. The zero-order valence-electron chi connectivity index (χ0n) is 13.2. The van der Waals surface area contributed by atoms with Crippen LogP contribution < -0.4 is 5.32 Å². The molecule has 0 saturated heterocycles. The fourth-order valence-corrected chi connectivity index (χ4v) is 2.21. The van der Waals surface area contributed by atoms with Crippen LogP contribution in [0.25, 0.3) is 0 Å². The van der Waals surface area contributed by atoms with E-state index in [-0.39, 0.29) is 17.9 Å². The summed E-state index contributed by atoms with van der Waals surface area (Å²) in [6, 6.07) is 7.10. The first-order valence-corrected chi connectivity index (χ1v) is 6.97. The average molecular weight is 288 g/mol. The van der Waals surface area contributed by atoms with Crippen LogP contribution in [-0.2, 0) is 0 Å². The van der Waals surface area contributed by atoms with Crippen molar-refractivity contribution in [3.8, 4) is 11.8 Å². The maximum Gasteiger partial charge on any atom is 0.251 e. The molecule has 2 N–H and O–H groups in total. The monoisotopic (exact) mass is 288 g/mol. The van der Waals surface area contributed by atoms with Gasteiger partial charge in [0.2, 0.25) is 0 Å². The molecule has 0 fully saturated rings. The maximum absolute atomic E-state index is 12.2. The molecule has 1 aromatic rings. The number of aliphatic hydroxyl groups excluding tert-OH is 1. The zero-order valence-corrected chi connectivity index (χ0v) is 13.2. The number of nitrogens with zero attached hydrogens (tertiary/aromatic N) is 1. The number of hydrogen-bond acceptors (Lipinski definition) is 3. The van der Waals surface area contributed by atoms with Crippen LogP contribution in [0.15, 0.2) is 24.3 Å². The Morgan fingerprint density at radius 1 is 1.38 bits per heavy atom. The molecule has 114 valence electrons. The topological polar surface area (TPSA) is 52.6 Å². The number of rotatable bonds is 5. The molecule has 0 radical (unpaired) electrons. The lowest BCUT2D eigenvalue weighted by Crippen LogP contribution is -2.39. The fraction of sp³-hybridized carbons (Fsp3) is 0.471. The van der Waals surface area contributed by atoms with Crippen molar-refractivity contribution in [1.82, 2.24) is 10.2 Å². The van der Waals surface area contributed by atoms with Crippen LogP contribution in [0.4, 0.5) is 0 Å². The zero-order chi connectivity index (χ0) is 15.9. The Hall–Kier alpha value is -1.83. The van der Waals surface area contributed by atoms with E-state index in [0.717, 1.165) is 12.1 Å². The molecule has 1 amide bonds. The van der Waals surface area contributed by atoms with E-state index in [2.05, 4.69) is 35.9 Å². The van der Waals surface area contributed by atoms with Gasteiger partial charge in [0.25, 0.3) is 5.91 Å². The van der Waals surface area contributed by atoms with Gasteiger partial charge in [-0.15, -0.1) is 0 Å². The Bertz CT molecular complexity index is 539. The largest absolute Gasteiger partial charge is 0.384 e. The SMILES string of the molecule is CN(C)CC(C)(C)CNC(=O)c1cccc(C#CCO)c1. The normalized spacial score (nSPS) is 11.0. The van der Waals surface area contributed by atoms with Crippen molar-refractivity contribution >= 4 is 5.91 Å². The molecular weight excluding hydrogens is 264 g/mol. The average Bonchev–Trinajstić information content (AvgIpc) is 2.41. The van der Waals surface area contributed by atoms with Crippen LogP contribution in [0.3, 0.4) is 0 Å². The number of carbonyl (C=O) groups excluding carboxylic acids is 1. The second-order valence-electron chi connectivity index (χ2n) is 6.13. The summed E-state index contributed by atoms with van der Waals surface area (Å²) in [6.45, 7) is 5.56. The highest BCUT2D eigenvalue weighted by molar-refractivity contribution is 5.94. The second-order valence-corrected chi connectivity index (χ2v) is 6.13. The molecule has 0 aromatic heterocycles. The number of nitrogens with one attached hydrogen (secondary N) is 1. The molecule has 1 rings (SSSR count). The lowest BCUT2D eigenvalue weighted by atomic mass is 9.93. The summed E-state index contributed by atoms with van der Waals surface area (Å²) in [6.07, 6.45) is 0. The lowest BCUT2D eigenvalue weighted by molar-refractivity contribution is 0.0929. The standard InChI is InChI=1S/C17H24N2O2/c1-17(2,13-19(3)4)12-18-16(21)15-9-5-7-14(11-15)8-6-10-20/h5,7,9,11,20H,10,12-13H2,1-4H3,(H,18,21). The van der Waals surface area contributed by atoms with Gasteiger partial charge in [-0.2, -0.15) is 0 Å². The molecule has 4 heteroatoms. The summed E-state index contributed by atoms with van der Waals surface area (Å²) in [5.74, 6) is 5.28. The third-order valence-electron chi connectivity index (χ3n) is 2.91. The van der Waals surface area contributed by atoms with Gasteiger partial charge in [0.15, 0.2) is 0 Å². The molecule has 0 aliphatic heterocycles. The Morgan fingerprint density at radius 3 is 2.71 bits per heavy atom. The molecule has 0 heterocycles. The summed E-state index contributed by atoms with van der Waals surface area (Å²) >= 11 is 0. The molecule has 0 bridgehead atoms. The first kappa shape index (κ1) is 17.2. The molecule has 0 unspecified atom stereocenters. The second kappa shape index (κ2) is 7.82. The van der Waals surface area contributed by atoms with Crippen molar-refractivity contribution in [3.63, 3.8) is 0 Å². The number of amides is 1.